The Kier molecular flexibility index (Phi) is 3.06. The molecule has 3 rings (SSSR count). The Morgan fingerprint density at radius 1 is 1.41 bits per heavy atom. The molecule has 0 bridgehead atoms. The number of piperidine rings is 1. The van der Waals surface area contributed by atoms with Crippen LogP contribution in [-0.4, -0.2) is 55.5 Å². The van der Waals surface area contributed by atoms with Gasteiger partial charge in [0, 0.05) is 25.4 Å². The molecule has 3 saturated heterocycles. The summed E-state index contributed by atoms with van der Waals surface area (Å²) >= 11 is 0. The third-order valence-corrected chi connectivity index (χ3v) is 3.87. The molecule has 1 atom stereocenters. The molecule has 3 heterocycles. The summed E-state index contributed by atoms with van der Waals surface area (Å²) < 4.78 is 11.5. The predicted molar refractivity (Wildman–Crippen MR) is 61.5 cm³/mol. The van der Waals surface area contributed by atoms with E-state index < -0.39 is 0 Å². The molecule has 5 nitrogen and oxygen atoms in total. The van der Waals surface area contributed by atoms with Gasteiger partial charge < -0.3 is 14.8 Å². The third kappa shape index (κ3) is 2.46. The first-order valence-corrected chi connectivity index (χ1v) is 6.55. The van der Waals surface area contributed by atoms with E-state index in [1.165, 1.54) is 0 Å². The third-order valence-electron chi connectivity index (χ3n) is 3.87. The number of carbonyl (C=O) groups is 1. The first kappa shape index (κ1) is 11.4. The number of amides is 1. The Morgan fingerprint density at radius 3 is 2.94 bits per heavy atom. The minimum absolute atomic E-state index is 0.190. The molecule has 0 saturated carbocycles. The van der Waals surface area contributed by atoms with Crippen molar-refractivity contribution >= 4 is 5.91 Å². The molecule has 0 aromatic heterocycles. The molecule has 3 aliphatic rings. The van der Waals surface area contributed by atoms with Crippen LogP contribution in [0.2, 0.25) is 0 Å². The normalized spacial score (nSPS) is 33.2. The minimum Gasteiger partial charge on any atom is -0.352 e. The fourth-order valence-corrected chi connectivity index (χ4v) is 3.09. The zero-order chi connectivity index (χ0) is 11.7. The Bertz CT molecular complexity index is 302. The van der Waals surface area contributed by atoms with Crippen LogP contribution in [-0.2, 0) is 14.3 Å². The molecule has 3 aliphatic heterocycles. The highest BCUT2D eigenvalue weighted by molar-refractivity contribution is 5.78. The van der Waals surface area contributed by atoms with E-state index in [-0.39, 0.29) is 11.7 Å². The Morgan fingerprint density at radius 2 is 2.24 bits per heavy atom. The largest absolute Gasteiger partial charge is 0.352 e. The number of likely N-dealkylation sites (tertiary alicyclic amines) is 1. The minimum atomic E-state index is -0.346. The fraction of sp³-hybridized carbons (Fsp3) is 0.917. The lowest BCUT2D eigenvalue weighted by Crippen LogP contribution is -2.51. The summed E-state index contributed by atoms with van der Waals surface area (Å²) in [5.74, 6) is -0.156. The van der Waals surface area contributed by atoms with E-state index in [1.54, 1.807) is 0 Å². The maximum Gasteiger partial charge on any atom is 0.220 e. The Labute approximate surface area is 101 Å². The van der Waals surface area contributed by atoms with Gasteiger partial charge in [0.2, 0.25) is 5.91 Å². The molecule has 1 unspecified atom stereocenters. The Balaban J connectivity index is 1.55. The molecule has 0 aromatic carbocycles. The number of rotatable bonds is 2. The lowest BCUT2D eigenvalue weighted by atomic mass is 10.0. The molecule has 0 aromatic rings. The van der Waals surface area contributed by atoms with Crippen molar-refractivity contribution in [3.05, 3.63) is 0 Å². The van der Waals surface area contributed by atoms with Crippen molar-refractivity contribution in [2.45, 2.75) is 37.5 Å². The monoisotopic (exact) mass is 240 g/mol. The van der Waals surface area contributed by atoms with Crippen LogP contribution in [0.4, 0.5) is 0 Å². The van der Waals surface area contributed by atoms with Crippen molar-refractivity contribution in [3.63, 3.8) is 0 Å². The first-order chi connectivity index (χ1) is 8.26. The maximum absolute atomic E-state index is 11.2. The predicted octanol–water partition coefficient (Wildman–Crippen LogP) is 0.104. The van der Waals surface area contributed by atoms with Gasteiger partial charge in [0.1, 0.15) is 0 Å². The summed E-state index contributed by atoms with van der Waals surface area (Å²) in [4.78, 5) is 13.5. The van der Waals surface area contributed by atoms with Gasteiger partial charge in [-0.15, -0.1) is 0 Å². The topological polar surface area (TPSA) is 50.8 Å². The highest BCUT2D eigenvalue weighted by Crippen LogP contribution is 2.30. The van der Waals surface area contributed by atoms with E-state index in [0.717, 1.165) is 38.9 Å². The van der Waals surface area contributed by atoms with Gasteiger partial charge in [-0.25, -0.2) is 0 Å². The van der Waals surface area contributed by atoms with Gasteiger partial charge in [-0.3, -0.25) is 9.69 Å². The van der Waals surface area contributed by atoms with Gasteiger partial charge in [0.05, 0.1) is 19.8 Å². The first-order valence-electron chi connectivity index (χ1n) is 6.55. The van der Waals surface area contributed by atoms with Crippen molar-refractivity contribution in [3.8, 4) is 0 Å². The van der Waals surface area contributed by atoms with E-state index in [1.807, 2.05) is 0 Å². The number of ether oxygens (including phenoxy) is 2. The van der Waals surface area contributed by atoms with Gasteiger partial charge in [-0.1, -0.05) is 0 Å². The van der Waals surface area contributed by atoms with E-state index in [9.17, 15) is 4.79 Å². The zero-order valence-electron chi connectivity index (χ0n) is 10.1. The zero-order valence-corrected chi connectivity index (χ0v) is 10.1. The van der Waals surface area contributed by atoms with E-state index >= 15 is 0 Å². The molecule has 3 fully saturated rings. The summed E-state index contributed by atoms with van der Waals surface area (Å²) in [6.45, 7) is 4.29. The van der Waals surface area contributed by atoms with Crippen LogP contribution in [0.1, 0.15) is 25.7 Å². The Hall–Kier alpha value is -0.650. The van der Waals surface area contributed by atoms with E-state index in [2.05, 4.69) is 10.2 Å². The van der Waals surface area contributed by atoms with Crippen LogP contribution in [0, 0.1) is 0 Å². The van der Waals surface area contributed by atoms with Crippen LogP contribution in [0.5, 0.6) is 0 Å². The summed E-state index contributed by atoms with van der Waals surface area (Å²) in [6.07, 6.45) is 3.75. The molecule has 1 amide bonds. The van der Waals surface area contributed by atoms with Crippen LogP contribution < -0.4 is 5.32 Å². The highest BCUT2D eigenvalue weighted by atomic mass is 16.7. The smallest absolute Gasteiger partial charge is 0.220 e. The maximum atomic E-state index is 11.2. The standard InChI is InChI=1S/C12H20N2O3/c15-11-3-2-10(13-11)8-14-5-1-4-12(9-14)16-6-7-17-12/h10H,1-9H2,(H,13,15). The summed E-state index contributed by atoms with van der Waals surface area (Å²) in [5, 5.41) is 3.02. The van der Waals surface area contributed by atoms with Gasteiger partial charge in [0.15, 0.2) is 5.79 Å². The molecular weight excluding hydrogens is 220 g/mol. The van der Waals surface area contributed by atoms with E-state index in [0.29, 0.717) is 25.7 Å². The van der Waals surface area contributed by atoms with Crippen molar-refractivity contribution in [2.24, 2.45) is 0 Å². The van der Waals surface area contributed by atoms with Gasteiger partial charge >= 0.3 is 0 Å². The lowest BCUT2D eigenvalue weighted by Gasteiger charge is -2.39. The second kappa shape index (κ2) is 4.55. The number of nitrogens with one attached hydrogen (secondary N) is 1. The average Bonchev–Trinajstić information content (AvgIpc) is 2.89. The molecule has 0 aliphatic carbocycles. The molecule has 1 spiro atoms. The van der Waals surface area contributed by atoms with Gasteiger partial charge in [-0.05, 0) is 19.4 Å². The quantitative estimate of drug-likeness (QED) is 0.744. The second-order valence-corrected chi connectivity index (χ2v) is 5.25. The van der Waals surface area contributed by atoms with Gasteiger partial charge in [0.25, 0.3) is 0 Å². The number of nitrogens with zero attached hydrogens (tertiary/aromatic N) is 1. The number of carbonyl (C=O) groups excluding carboxylic acids is 1. The summed E-state index contributed by atoms with van der Waals surface area (Å²) in [6, 6.07) is 0.319. The van der Waals surface area contributed by atoms with Crippen molar-refractivity contribution in [1.29, 1.82) is 0 Å². The van der Waals surface area contributed by atoms with Crippen molar-refractivity contribution < 1.29 is 14.3 Å². The summed E-state index contributed by atoms with van der Waals surface area (Å²) in [7, 11) is 0. The summed E-state index contributed by atoms with van der Waals surface area (Å²) in [5.41, 5.74) is 0. The molecule has 17 heavy (non-hydrogen) atoms. The fourth-order valence-electron chi connectivity index (χ4n) is 3.09. The van der Waals surface area contributed by atoms with Gasteiger partial charge in [-0.2, -0.15) is 0 Å². The van der Waals surface area contributed by atoms with Crippen LogP contribution in [0.25, 0.3) is 0 Å². The van der Waals surface area contributed by atoms with Crippen LogP contribution >= 0.6 is 0 Å². The van der Waals surface area contributed by atoms with Crippen molar-refractivity contribution in [2.75, 3.05) is 32.8 Å². The molecule has 0 radical (unpaired) electrons. The molecule has 1 N–H and O–H groups in total. The average molecular weight is 240 g/mol. The van der Waals surface area contributed by atoms with Crippen LogP contribution in [0.15, 0.2) is 0 Å². The molecule has 96 valence electrons. The van der Waals surface area contributed by atoms with Crippen LogP contribution in [0.3, 0.4) is 0 Å². The second-order valence-electron chi connectivity index (χ2n) is 5.25. The lowest BCUT2D eigenvalue weighted by molar-refractivity contribution is -0.189. The van der Waals surface area contributed by atoms with E-state index in [4.69, 9.17) is 9.47 Å². The number of hydrogen-bond donors (Lipinski definition) is 1. The number of hydrogen-bond acceptors (Lipinski definition) is 4. The SMILES string of the molecule is O=C1CCC(CN2CCCC3(C2)OCCO3)N1. The molecule has 5 heteroatoms. The molecular formula is C12H20N2O3. The van der Waals surface area contributed by atoms with Crippen molar-refractivity contribution in [1.82, 2.24) is 10.2 Å². The highest BCUT2D eigenvalue weighted by Gasteiger charge is 2.41.